The van der Waals surface area contributed by atoms with Crippen molar-refractivity contribution in [2.24, 2.45) is 0 Å². The number of fused-ring (bicyclic) bond motifs is 12. The lowest BCUT2D eigenvalue weighted by Gasteiger charge is -2.37. The van der Waals surface area contributed by atoms with Gasteiger partial charge in [0.15, 0.2) is 0 Å². The van der Waals surface area contributed by atoms with Crippen molar-refractivity contribution in [2.45, 2.75) is 34.0 Å². The molecule has 0 saturated carbocycles. The molecule has 4 aliphatic carbocycles. The number of hydrogen-bond donors (Lipinski definition) is 7. The Kier molecular flexibility index (Phi) is 18.1. The zero-order valence-corrected chi connectivity index (χ0v) is 59.4. The molecule has 12 aromatic rings. The van der Waals surface area contributed by atoms with E-state index in [4.69, 9.17) is 44.6 Å². The molecule has 0 bridgehead atoms. The monoisotopic (exact) mass is 1420 g/mol. The van der Waals surface area contributed by atoms with E-state index in [0.29, 0.717) is 23.0 Å². The van der Waals surface area contributed by atoms with Crippen LogP contribution in [-0.2, 0) is 27.1 Å². The highest BCUT2D eigenvalue weighted by molar-refractivity contribution is 5.90. The lowest BCUT2D eigenvalue weighted by Crippen LogP contribution is -2.34. The third-order valence-corrected chi connectivity index (χ3v) is 23.3. The summed E-state index contributed by atoms with van der Waals surface area (Å²) in [5.74, 6) is 12.4. The van der Waals surface area contributed by atoms with E-state index in [1.165, 1.54) is 0 Å². The molecular weight excluding hydrogens is 1340 g/mol. The molecule has 530 valence electrons. The summed E-state index contributed by atoms with van der Waals surface area (Å²) in [5.41, 5.74) is 19.8. The number of rotatable bonds is 23. The summed E-state index contributed by atoms with van der Waals surface area (Å²) in [6.45, 7) is 0.119. The Morgan fingerprint density at radius 3 is 0.676 bits per heavy atom. The Morgan fingerprint density at radius 2 is 0.444 bits per heavy atom. The SMILES string of the molecule is C#CCOc1ccc2c(c1)C(C)(CO)c1cc(-c3ccc(C(c4ccc(-c5ccc6c(c5)C(CO)(CO)c5cc(OCC#C)ccc5-6)cc4)(c4ccc(-c5ccc6c(c5)C(CO)(CO)c5cc(OCC#C)ccc5-6)cc4)c4ccc(-c5ccc6c(c5)C(CO)(CO)c5cc(OCC#C)ccc5-6)cc4)cc3)ccc1-2. The van der Waals surface area contributed by atoms with Crippen LogP contribution >= 0.6 is 0 Å². The topological polar surface area (TPSA) is 179 Å². The number of hydrogen-bond acceptors (Lipinski definition) is 11. The van der Waals surface area contributed by atoms with Crippen LogP contribution in [0.5, 0.6) is 23.0 Å². The lowest BCUT2D eigenvalue weighted by molar-refractivity contribution is 0.145. The molecule has 11 nitrogen and oxygen atoms in total. The van der Waals surface area contributed by atoms with Gasteiger partial charge in [-0.2, -0.15) is 0 Å². The van der Waals surface area contributed by atoms with Crippen molar-refractivity contribution in [3.63, 3.8) is 0 Å². The van der Waals surface area contributed by atoms with Crippen LogP contribution in [0.2, 0.25) is 0 Å². The summed E-state index contributed by atoms with van der Waals surface area (Å²) in [4.78, 5) is 0. The molecule has 108 heavy (non-hydrogen) atoms. The summed E-state index contributed by atoms with van der Waals surface area (Å²) in [6.07, 6.45) is 22.3. The lowest BCUT2D eigenvalue weighted by atomic mass is 9.64. The highest BCUT2D eigenvalue weighted by Crippen LogP contribution is 2.57. The van der Waals surface area contributed by atoms with Gasteiger partial charge in [-0.1, -0.05) is 194 Å². The minimum atomic E-state index is -1.14. The second-order valence-electron chi connectivity index (χ2n) is 28.6. The molecular formula is C97H76O11. The fraction of sp³-hybridized carbons (Fsp3) is 0.175. The summed E-state index contributed by atoms with van der Waals surface area (Å²) in [6, 6.07) is 82.6. The van der Waals surface area contributed by atoms with Crippen molar-refractivity contribution in [3.8, 4) is 161 Å². The Balaban J connectivity index is 0.859. The van der Waals surface area contributed by atoms with Gasteiger partial charge >= 0.3 is 0 Å². The highest BCUT2D eigenvalue weighted by Gasteiger charge is 2.48. The second-order valence-corrected chi connectivity index (χ2v) is 28.6. The quantitative estimate of drug-likeness (QED) is 0.0239. The van der Waals surface area contributed by atoms with Crippen LogP contribution in [0, 0.1) is 49.4 Å². The molecule has 0 aromatic heterocycles. The molecule has 1 unspecified atom stereocenters. The fourth-order valence-electron chi connectivity index (χ4n) is 17.6. The Labute approximate surface area is 628 Å². The van der Waals surface area contributed by atoms with E-state index in [1.807, 2.05) is 72.8 Å². The van der Waals surface area contributed by atoms with Crippen molar-refractivity contribution < 1.29 is 54.7 Å². The predicted octanol–water partition coefficient (Wildman–Crippen LogP) is 14.8. The molecule has 7 N–H and O–H groups in total. The van der Waals surface area contributed by atoms with Gasteiger partial charge < -0.3 is 54.7 Å². The largest absolute Gasteiger partial charge is 0.481 e. The minimum Gasteiger partial charge on any atom is -0.481 e. The third kappa shape index (κ3) is 10.9. The molecule has 16 rings (SSSR count). The van der Waals surface area contributed by atoms with Crippen LogP contribution in [0.4, 0.5) is 0 Å². The maximum Gasteiger partial charge on any atom is 0.148 e. The molecule has 0 radical (unpaired) electrons. The maximum absolute atomic E-state index is 11.3. The fourth-order valence-corrected chi connectivity index (χ4v) is 17.6. The zero-order valence-electron chi connectivity index (χ0n) is 59.4. The number of aliphatic hydroxyl groups excluding tert-OH is 7. The molecule has 12 aromatic carbocycles. The average molecular weight is 1420 g/mol. The van der Waals surface area contributed by atoms with Gasteiger partial charge in [-0.15, -0.1) is 25.7 Å². The van der Waals surface area contributed by atoms with E-state index in [2.05, 4.69) is 200 Å². The van der Waals surface area contributed by atoms with Gasteiger partial charge in [-0.05, 0) is 235 Å². The van der Waals surface area contributed by atoms with Crippen LogP contribution in [0.25, 0.3) is 89.0 Å². The van der Waals surface area contributed by atoms with Gasteiger partial charge in [0.1, 0.15) is 49.4 Å². The van der Waals surface area contributed by atoms with Crippen molar-refractivity contribution in [2.75, 3.05) is 72.7 Å². The predicted molar refractivity (Wildman–Crippen MR) is 424 cm³/mol. The molecule has 1 atom stereocenters. The van der Waals surface area contributed by atoms with E-state index in [0.717, 1.165) is 156 Å². The normalized spacial score (nSPS) is 15.1. The van der Waals surface area contributed by atoms with Gasteiger partial charge in [0.25, 0.3) is 0 Å². The Hall–Kier alpha value is -12.2. The van der Waals surface area contributed by atoms with E-state index in [1.54, 1.807) is 0 Å². The second kappa shape index (κ2) is 27.9. The summed E-state index contributed by atoms with van der Waals surface area (Å²) in [5, 5.41) is 79.4. The maximum atomic E-state index is 11.3. The van der Waals surface area contributed by atoms with Crippen LogP contribution in [-0.4, -0.2) is 108 Å². The molecule has 0 aliphatic heterocycles. The van der Waals surface area contributed by atoms with Crippen LogP contribution in [0.3, 0.4) is 0 Å². The summed E-state index contributed by atoms with van der Waals surface area (Å²) in [7, 11) is 0. The van der Waals surface area contributed by atoms with E-state index < -0.39 is 27.1 Å². The average Bonchev–Trinajstić information content (AvgIpc) is 1.14. The number of aliphatic hydroxyl groups is 7. The smallest absolute Gasteiger partial charge is 0.148 e. The van der Waals surface area contributed by atoms with Gasteiger partial charge in [0.2, 0.25) is 0 Å². The number of benzene rings is 12. The molecule has 0 saturated heterocycles. The van der Waals surface area contributed by atoms with Crippen LogP contribution in [0.15, 0.2) is 243 Å². The Morgan fingerprint density at radius 1 is 0.250 bits per heavy atom. The first-order valence-corrected chi connectivity index (χ1v) is 35.9. The van der Waals surface area contributed by atoms with Crippen molar-refractivity contribution in [1.29, 1.82) is 0 Å². The van der Waals surface area contributed by atoms with E-state index in [-0.39, 0.29) is 72.7 Å². The third-order valence-electron chi connectivity index (χ3n) is 23.3. The van der Waals surface area contributed by atoms with Crippen molar-refractivity contribution in [3.05, 3.63) is 309 Å². The Bertz CT molecular complexity index is 5290. The van der Waals surface area contributed by atoms with E-state index >= 15 is 0 Å². The van der Waals surface area contributed by atoms with Gasteiger partial charge in [-0.25, -0.2) is 0 Å². The first-order chi connectivity index (χ1) is 52.8. The van der Waals surface area contributed by atoms with Gasteiger partial charge in [-0.3, -0.25) is 0 Å². The molecule has 11 heteroatoms. The van der Waals surface area contributed by atoms with Crippen LogP contribution < -0.4 is 18.9 Å². The number of ether oxygens (including phenoxy) is 4. The molecule has 0 heterocycles. The molecule has 0 fully saturated rings. The first kappa shape index (κ1) is 70.1. The first-order valence-electron chi connectivity index (χ1n) is 35.9. The molecule has 4 aliphatic rings. The van der Waals surface area contributed by atoms with E-state index in [9.17, 15) is 35.7 Å². The van der Waals surface area contributed by atoms with Gasteiger partial charge in [0, 0.05) is 5.41 Å². The number of terminal acetylenes is 4. The highest BCUT2D eigenvalue weighted by atomic mass is 16.5. The summed E-state index contributed by atoms with van der Waals surface area (Å²) >= 11 is 0. The minimum absolute atomic E-state index is 0.0683. The molecule has 0 spiro atoms. The zero-order chi connectivity index (χ0) is 74.7. The summed E-state index contributed by atoms with van der Waals surface area (Å²) < 4.78 is 23.5. The molecule has 0 amide bonds. The van der Waals surface area contributed by atoms with Crippen molar-refractivity contribution in [1.82, 2.24) is 0 Å². The van der Waals surface area contributed by atoms with Crippen LogP contribution in [0.1, 0.15) is 73.7 Å². The van der Waals surface area contributed by atoms with Gasteiger partial charge in [0.05, 0.1) is 67.9 Å². The van der Waals surface area contributed by atoms with Crippen molar-refractivity contribution >= 4 is 0 Å². The standard InChI is InChI=1S/C97H76O11/c1-6-42-105-73-30-38-78-77-34-18-65(46-85(77)93(5,54-98)86(78)50-73)61-10-22-69(23-11-61)97(70-24-12-62(13-25-70)66-19-35-79-82-39-31-74(106-43-7-2)51-90(82)94(55-99,56-100)87(79)47-66,71-26-14-63(15-27-71)67-20-36-80-83-40-32-75(107-44-8-3)52-91(83)95(57-101,58-102)88(80)48-67)72-28-16-64(17-29-72)68-21-37-81-84-41-33-76(108-45-9-4)53-92(84)96(59-103,60-104)89(81)49-68/h1-4,10-41,46-53,98-104H,42-45,54-60H2,5H3.